The van der Waals surface area contributed by atoms with Gasteiger partial charge in [-0.2, -0.15) is 0 Å². The van der Waals surface area contributed by atoms with Gasteiger partial charge in [-0.05, 0) is 24.7 Å². The molecule has 14 heavy (non-hydrogen) atoms. The Kier molecular flexibility index (Phi) is 2.87. The average Bonchev–Trinajstić information content (AvgIpc) is 2.75. The zero-order chi connectivity index (χ0) is 9.86. The van der Waals surface area contributed by atoms with E-state index in [2.05, 4.69) is 22.2 Å². The summed E-state index contributed by atoms with van der Waals surface area (Å²) in [5.74, 6) is 0. The lowest BCUT2D eigenvalue weighted by Crippen LogP contribution is -2.23. The van der Waals surface area contributed by atoms with Gasteiger partial charge in [0, 0.05) is 25.0 Å². The van der Waals surface area contributed by atoms with Crippen LogP contribution in [0.1, 0.15) is 38.3 Å². The minimum atomic E-state index is 0.648. The summed E-state index contributed by atoms with van der Waals surface area (Å²) in [6, 6.07) is 0. The van der Waals surface area contributed by atoms with Gasteiger partial charge in [-0.3, -0.25) is 0 Å². The number of aromatic nitrogens is 2. The molecule has 0 radical (unpaired) electrons. The van der Waals surface area contributed by atoms with Gasteiger partial charge >= 0.3 is 0 Å². The molecule has 1 heterocycles. The largest absolute Gasteiger partial charge is 0.347 e. The SMILES string of the molecule is CCCC1(CNCc2cnc[nH]2)CC1. The predicted molar refractivity (Wildman–Crippen MR) is 56.9 cm³/mol. The van der Waals surface area contributed by atoms with Crippen molar-refractivity contribution in [2.45, 2.75) is 39.2 Å². The molecular formula is C11H19N3. The summed E-state index contributed by atoms with van der Waals surface area (Å²) in [5.41, 5.74) is 1.83. The van der Waals surface area contributed by atoms with Crippen LogP contribution in [0.2, 0.25) is 0 Å². The molecule has 0 saturated heterocycles. The number of imidazole rings is 1. The Morgan fingerprint density at radius 2 is 2.43 bits per heavy atom. The third kappa shape index (κ3) is 2.35. The second kappa shape index (κ2) is 4.13. The Morgan fingerprint density at radius 1 is 1.57 bits per heavy atom. The Bertz CT molecular complexity index is 262. The molecule has 0 amide bonds. The van der Waals surface area contributed by atoms with Gasteiger partial charge in [0.05, 0.1) is 6.33 Å². The molecule has 0 unspecified atom stereocenters. The summed E-state index contributed by atoms with van der Waals surface area (Å²) in [6.07, 6.45) is 9.13. The van der Waals surface area contributed by atoms with Crippen LogP contribution in [0, 0.1) is 5.41 Å². The van der Waals surface area contributed by atoms with E-state index in [1.165, 1.54) is 37.9 Å². The summed E-state index contributed by atoms with van der Waals surface area (Å²) in [6.45, 7) is 4.36. The Morgan fingerprint density at radius 3 is 3.00 bits per heavy atom. The second-order valence-corrected chi connectivity index (χ2v) is 4.43. The van der Waals surface area contributed by atoms with Crippen LogP contribution in [0.25, 0.3) is 0 Å². The highest BCUT2D eigenvalue weighted by Crippen LogP contribution is 2.48. The summed E-state index contributed by atoms with van der Waals surface area (Å²) >= 11 is 0. The maximum Gasteiger partial charge on any atom is 0.0922 e. The molecule has 1 saturated carbocycles. The molecular weight excluding hydrogens is 174 g/mol. The minimum absolute atomic E-state index is 0.648. The quantitative estimate of drug-likeness (QED) is 0.726. The van der Waals surface area contributed by atoms with Gasteiger partial charge < -0.3 is 10.3 Å². The first kappa shape index (κ1) is 9.71. The summed E-state index contributed by atoms with van der Waals surface area (Å²) in [7, 11) is 0. The number of nitrogens with one attached hydrogen (secondary N) is 2. The molecule has 0 aromatic carbocycles. The highest BCUT2D eigenvalue weighted by Gasteiger charge is 2.40. The van der Waals surface area contributed by atoms with Crippen molar-refractivity contribution in [3.8, 4) is 0 Å². The molecule has 0 spiro atoms. The first-order chi connectivity index (χ1) is 6.85. The summed E-state index contributed by atoms with van der Waals surface area (Å²) in [4.78, 5) is 7.10. The molecule has 0 bridgehead atoms. The third-order valence-electron chi connectivity index (χ3n) is 3.11. The molecule has 2 N–H and O–H groups in total. The molecule has 3 nitrogen and oxygen atoms in total. The van der Waals surface area contributed by atoms with Gasteiger partial charge in [-0.25, -0.2) is 4.98 Å². The van der Waals surface area contributed by atoms with Gasteiger partial charge in [-0.15, -0.1) is 0 Å². The molecule has 1 aromatic rings. The molecule has 78 valence electrons. The maximum absolute atomic E-state index is 3.99. The fourth-order valence-corrected chi connectivity index (χ4v) is 2.07. The lowest BCUT2D eigenvalue weighted by molar-refractivity contribution is 0.420. The molecule has 1 aliphatic rings. The molecule has 1 aromatic heterocycles. The van der Waals surface area contributed by atoms with E-state index in [0.29, 0.717) is 5.41 Å². The molecule has 3 heteroatoms. The van der Waals surface area contributed by atoms with Crippen molar-refractivity contribution in [2.75, 3.05) is 6.54 Å². The van der Waals surface area contributed by atoms with Crippen LogP contribution in [0.15, 0.2) is 12.5 Å². The van der Waals surface area contributed by atoms with Gasteiger partial charge in [0.1, 0.15) is 0 Å². The van der Waals surface area contributed by atoms with Gasteiger partial charge in [-0.1, -0.05) is 13.3 Å². The van der Waals surface area contributed by atoms with Gasteiger partial charge in [0.25, 0.3) is 0 Å². The molecule has 0 aliphatic heterocycles. The smallest absolute Gasteiger partial charge is 0.0922 e. The number of hydrogen-bond acceptors (Lipinski definition) is 2. The maximum atomic E-state index is 3.99. The molecule has 0 atom stereocenters. The van der Waals surface area contributed by atoms with Gasteiger partial charge in [0.2, 0.25) is 0 Å². The number of nitrogens with zero attached hydrogens (tertiary/aromatic N) is 1. The van der Waals surface area contributed by atoms with Crippen LogP contribution >= 0.6 is 0 Å². The number of H-pyrrole nitrogens is 1. The van der Waals surface area contributed by atoms with E-state index in [9.17, 15) is 0 Å². The molecule has 1 fully saturated rings. The Balaban J connectivity index is 1.68. The third-order valence-corrected chi connectivity index (χ3v) is 3.11. The highest BCUT2D eigenvalue weighted by molar-refractivity contribution is 4.97. The second-order valence-electron chi connectivity index (χ2n) is 4.43. The van der Waals surface area contributed by atoms with Crippen LogP contribution in [0.5, 0.6) is 0 Å². The predicted octanol–water partition coefficient (Wildman–Crippen LogP) is 2.08. The van der Waals surface area contributed by atoms with Crippen LogP contribution < -0.4 is 5.32 Å². The zero-order valence-corrected chi connectivity index (χ0v) is 8.84. The van der Waals surface area contributed by atoms with Crippen LogP contribution in [-0.4, -0.2) is 16.5 Å². The number of aromatic amines is 1. The van der Waals surface area contributed by atoms with E-state index >= 15 is 0 Å². The Hall–Kier alpha value is -0.830. The lowest BCUT2D eigenvalue weighted by Gasteiger charge is -2.14. The van der Waals surface area contributed by atoms with E-state index in [-0.39, 0.29) is 0 Å². The topological polar surface area (TPSA) is 40.7 Å². The highest BCUT2D eigenvalue weighted by atomic mass is 14.9. The summed E-state index contributed by atoms with van der Waals surface area (Å²) in [5, 5.41) is 3.50. The number of hydrogen-bond donors (Lipinski definition) is 2. The van der Waals surface area contributed by atoms with E-state index in [1.807, 2.05) is 6.20 Å². The fourth-order valence-electron chi connectivity index (χ4n) is 2.07. The van der Waals surface area contributed by atoms with Crippen LogP contribution in [0.4, 0.5) is 0 Å². The van der Waals surface area contributed by atoms with E-state index in [0.717, 1.165) is 6.54 Å². The normalized spacial score (nSPS) is 18.4. The van der Waals surface area contributed by atoms with E-state index in [4.69, 9.17) is 0 Å². The Labute approximate surface area is 85.3 Å². The number of rotatable bonds is 6. The zero-order valence-electron chi connectivity index (χ0n) is 8.84. The van der Waals surface area contributed by atoms with Gasteiger partial charge in [0.15, 0.2) is 0 Å². The average molecular weight is 193 g/mol. The standard InChI is InChI=1S/C11H19N3/c1-2-3-11(4-5-11)8-12-6-10-7-13-9-14-10/h7,9,12H,2-6,8H2,1H3,(H,13,14). The van der Waals surface area contributed by atoms with Crippen molar-refractivity contribution in [3.05, 3.63) is 18.2 Å². The van der Waals surface area contributed by atoms with Crippen molar-refractivity contribution in [3.63, 3.8) is 0 Å². The van der Waals surface area contributed by atoms with Crippen molar-refractivity contribution >= 4 is 0 Å². The van der Waals surface area contributed by atoms with E-state index in [1.54, 1.807) is 6.33 Å². The first-order valence-electron chi connectivity index (χ1n) is 5.53. The lowest BCUT2D eigenvalue weighted by atomic mass is 10.0. The van der Waals surface area contributed by atoms with Crippen LogP contribution in [-0.2, 0) is 6.54 Å². The van der Waals surface area contributed by atoms with Crippen molar-refractivity contribution < 1.29 is 0 Å². The fraction of sp³-hybridized carbons (Fsp3) is 0.727. The monoisotopic (exact) mass is 193 g/mol. The molecule has 1 aliphatic carbocycles. The summed E-state index contributed by atoms with van der Waals surface area (Å²) < 4.78 is 0. The van der Waals surface area contributed by atoms with Crippen molar-refractivity contribution in [1.29, 1.82) is 0 Å². The van der Waals surface area contributed by atoms with Crippen molar-refractivity contribution in [1.82, 2.24) is 15.3 Å². The minimum Gasteiger partial charge on any atom is -0.347 e. The molecule has 2 rings (SSSR count). The van der Waals surface area contributed by atoms with E-state index < -0.39 is 0 Å². The van der Waals surface area contributed by atoms with Crippen molar-refractivity contribution in [2.24, 2.45) is 5.41 Å². The first-order valence-corrected chi connectivity index (χ1v) is 5.53. The van der Waals surface area contributed by atoms with Crippen LogP contribution in [0.3, 0.4) is 0 Å².